The second kappa shape index (κ2) is 9.98. The lowest BCUT2D eigenvalue weighted by Crippen LogP contribution is -2.32. The summed E-state index contributed by atoms with van der Waals surface area (Å²) in [5, 5.41) is 12.7. The smallest absolute Gasteiger partial charge is 0.479 e. The third-order valence-electron chi connectivity index (χ3n) is 6.18. The quantitative estimate of drug-likeness (QED) is 0.339. The summed E-state index contributed by atoms with van der Waals surface area (Å²) in [7, 11) is 1.50. The molecular weight excluding hydrogens is 454 g/mol. The zero-order chi connectivity index (χ0) is 25.1. The van der Waals surface area contributed by atoms with Crippen molar-refractivity contribution in [2.45, 2.75) is 33.1 Å². The molecule has 0 unspecified atom stereocenters. The van der Waals surface area contributed by atoms with Crippen LogP contribution in [0.1, 0.15) is 46.3 Å². The Morgan fingerprint density at radius 2 is 1.97 bits per heavy atom. The fourth-order valence-corrected chi connectivity index (χ4v) is 4.33. The van der Waals surface area contributed by atoms with Gasteiger partial charge in [-0.3, -0.25) is 4.79 Å². The molecule has 2 aliphatic heterocycles. The molecule has 0 bridgehead atoms. The Morgan fingerprint density at radius 3 is 2.75 bits per heavy atom. The first kappa shape index (κ1) is 23.2. The van der Waals surface area contributed by atoms with Crippen LogP contribution in [0.2, 0.25) is 0 Å². The molecule has 1 N–H and O–H groups in total. The second-order valence-electron chi connectivity index (χ2n) is 8.86. The van der Waals surface area contributed by atoms with Crippen molar-refractivity contribution in [2.75, 3.05) is 30.4 Å². The van der Waals surface area contributed by atoms with E-state index in [0.717, 1.165) is 40.7 Å². The van der Waals surface area contributed by atoms with Crippen molar-refractivity contribution >= 4 is 23.9 Å². The summed E-state index contributed by atoms with van der Waals surface area (Å²) >= 11 is 0. The Bertz CT molecular complexity index is 1570. The number of fused-ring (bicyclic) bond motifs is 1. The Hall–Kier alpha value is -4.54. The fraction of sp³-hybridized carbons (Fsp3) is 0.296. The molecule has 9 nitrogen and oxygen atoms in total. The van der Waals surface area contributed by atoms with Crippen molar-refractivity contribution < 1.29 is 9.53 Å². The van der Waals surface area contributed by atoms with Crippen LogP contribution in [0.4, 0.5) is 11.6 Å². The lowest BCUT2D eigenvalue weighted by Gasteiger charge is -2.29. The maximum absolute atomic E-state index is 12.9. The van der Waals surface area contributed by atoms with Gasteiger partial charge in [-0.25, -0.2) is 4.98 Å². The molecule has 180 valence electrons. The number of aryl methyl sites for hydroxylation is 2. The van der Waals surface area contributed by atoms with Gasteiger partial charge >= 0.3 is 17.1 Å². The first-order valence-electron chi connectivity index (χ1n) is 11.9. The van der Waals surface area contributed by atoms with Crippen molar-refractivity contribution in [3.05, 3.63) is 69.5 Å². The Morgan fingerprint density at radius 1 is 1.14 bits per heavy atom. The summed E-state index contributed by atoms with van der Waals surface area (Å²) in [5.41, 5.74) is 3.05. The summed E-state index contributed by atoms with van der Waals surface area (Å²) in [6.45, 7) is 6.00. The van der Waals surface area contributed by atoms with Crippen LogP contribution in [0.15, 0.2) is 36.5 Å². The minimum absolute atomic E-state index is 0.268. The third-order valence-corrected chi connectivity index (χ3v) is 6.18. The minimum atomic E-state index is -0.315. The molecule has 2 aromatic heterocycles. The summed E-state index contributed by atoms with van der Waals surface area (Å²) in [4.78, 5) is 19.8. The molecule has 1 aromatic carbocycles. The van der Waals surface area contributed by atoms with E-state index < -0.39 is 0 Å². The molecule has 4 heterocycles. The lowest BCUT2D eigenvalue weighted by molar-refractivity contribution is 0.102. The van der Waals surface area contributed by atoms with Gasteiger partial charge in [0, 0.05) is 43.4 Å². The molecular formula is C27H27N7O2+2. The summed E-state index contributed by atoms with van der Waals surface area (Å²) in [5.74, 6) is 4.22. The second-order valence-corrected chi connectivity index (χ2v) is 8.86. The molecule has 0 atom stereocenters. The molecule has 9 heteroatoms. The van der Waals surface area contributed by atoms with Crippen molar-refractivity contribution in [2.24, 2.45) is 0 Å². The van der Waals surface area contributed by atoms with Gasteiger partial charge in [0.15, 0.2) is 5.82 Å². The fourth-order valence-electron chi connectivity index (χ4n) is 4.33. The highest BCUT2D eigenvalue weighted by molar-refractivity contribution is 6.03. The zero-order valence-corrected chi connectivity index (χ0v) is 20.6. The molecule has 36 heavy (non-hydrogen) atoms. The van der Waals surface area contributed by atoms with E-state index in [1.807, 2.05) is 38.1 Å². The van der Waals surface area contributed by atoms with Gasteiger partial charge in [0.25, 0.3) is 5.91 Å². The van der Waals surface area contributed by atoms with Crippen LogP contribution in [-0.4, -0.2) is 47.6 Å². The first-order chi connectivity index (χ1) is 17.5. The lowest BCUT2D eigenvalue weighted by atomic mass is 10.1. The van der Waals surface area contributed by atoms with E-state index in [0.29, 0.717) is 11.1 Å². The number of methoxy groups -OCH3 is 1. The van der Waals surface area contributed by atoms with Crippen LogP contribution in [0, 0.1) is 25.8 Å². The standard InChI is InChI=1S/C27H26N7O2/c1-18-7-8-23-22(13-18)29-17-34(23)12-9-20-15-24(31-32-27(20)36-3)30-26(35)21-14-19(2)25(28-16-21)33-10-5-4-6-11-33/h7-8,13-17H,4-6,10-11H2,1-3H3/q+1/p+1. The number of hydrogen-bond donors (Lipinski definition) is 1. The highest BCUT2D eigenvalue weighted by Crippen LogP contribution is 2.22. The average Bonchev–Trinajstić information content (AvgIpc) is 3.29. The number of carbonyl (C=O) groups is 1. The Balaban J connectivity index is 1.37. The monoisotopic (exact) mass is 481 g/mol. The zero-order valence-electron chi connectivity index (χ0n) is 20.6. The molecule has 2 aliphatic rings. The van der Waals surface area contributed by atoms with Crippen molar-refractivity contribution in [3.8, 4) is 17.8 Å². The molecule has 0 saturated carbocycles. The summed E-state index contributed by atoms with van der Waals surface area (Å²) in [6.07, 6.45) is 6.87. The number of amides is 1. The summed E-state index contributed by atoms with van der Waals surface area (Å²) in [6, 6.07) is 12.6. The van der Waals surface area contributed by atoms with Crippen LogP contribution >= 0.6 is 0 Å². The van der Waals surface area contributed by atoms with E-state index in [1.165, 1.54) is 26.4 Å². The molecule has 1 amide bonds. The maximum Gasteiger partial charge on any atom is 0.537 e. The van der Waals surface area contributed by atoms with Gasteiger partial charge in [0.2, 0.25) is 11.9 Å². The minimum Gasteiger partial charge on any atom is -0.479 e. The number of rotatable bonds is 4. The van der Waals surface area contributed by atoms with Gasteiger partial charge in [-0.1, -0.05) is 6.07 Å². The molecule has 1 fully saturated rings. The van der Waals surface area contributed by atoms with Crippen LogP contribution < -0.4 is 34.9 Å². The molecule has 1 saturated heterocycles. The van der Waals surface area contributed by atoms with Gasteiger partial charge in [0.05, 0.1) is 18.2 Å². The number of pyridine rings is 1. The van der Waals surface area contributed by atoms with Crippen LogP contribution in [-0.2, 0) is 0 Å². The Kier molecular flexibility index (Phi) is 6.44. The van der Waals surface area contributed by atoms with E-state index in [4.69, 9.17) is 4.74 Å². The highest BCUT2D eigenvalue weighted by Gasteiger charge is 2.20. The number of nitrogens with zero attached hydrogens (tertiary/aromatic N) is 6. The number of nitrogens with one attached hydrogen (secondary N) is 1. The van der Waals surface area contributed by atoms with Gasteiger partial charge in [-0.2, -0.15) is 0 Å². The van der Waals surface area contributed by atoms with Gasteiger partial charge in [0.1, 0.15) is 5.82 Å². The predicted octanol–water partition coefficient (Wildman–Crippen LogP) is 0.969. The van der Waals surface area contributed by atoms with Crippen molar-refractivity contribution in [1.82, 2.24) is 24.4 Å². The Labute approximate surface area is 208 Å². The number of ether oxygens (including phenoxy) is 1. The normalized spacial score (nSPS) is 14.0. The van der Waals surface area contributed by atoms with Crippen molar-refractivity contribution in [3.63, 3.8) is 0 Å². The van der Waals surface area contributed by atoms with Crippen LogP contribution in [0.25, 0.3) is 0 Å². The van der Waals surface area contributed by atoms with E-state index in [1.54, 1.807) is 23.2 Å². The van der Waals surface area contributed by atoms with E-state index in [-0.39, 0.29) is 17.6 Å². The number of aromatic nitrogens is 3. The third kappa shape index (κ3) is 4.81. The number of anilines is 2. The maximum atomic E-state index is 12.9. The molecule has 5 rings (SSSR count). The largest absolute Gasteiger partial charge is 0.537 e. The molecule has 3 aromatic rings. The van der Waals surface area contributed by atoms with Crippen LogP contribution in [0.5, 0.6) is 5.88 Å². The topological polar surface area (TPSA) is 97.4 Å². The van der Waals surface area contributed by atoms with E-state index >= 15 is 0 Å². The molecule has 0 radical (unpaired) electrons. The average molecular weight is 482 g/mol. The van der Waals surface area contributed by atoms with Crippen molar-refractivity contribution in [1.29, 1.82) is 0 Å². The van der Waals surface area contributed by atoms with Gasteiger partial charge < -0.3 is 15.0 Å². The number of carbonyl (C=O) groups excluding carboxylic acids is 1. The van der Waals surface area contributed by atoms with Gasteiger partial charge in [-0.15, -0.1) is 10.2 Å². The van der Waals surface area contributed by atoms with E-state index in [9.17, 15) is 4.79 Å². The van der Waals surface area contributed by atoms with Crippen LogP contribution in [0.3, 0.4) is 0 Å². The predicted molar refractivity (Wildman–Crippen MR) is 137 cm³/mol. The SMILES string of the molecule is COc1nnc(NC(=O)c2cnc(N3CCCCC3)c(C)c2)cc1C#C[N+]1=c2ccc(C)cc2=[N+]=C1. The first-order valence-corrected chi connectivity index (χ1v) is 11.9. The van der Waals surface area contributed by atoms with Gasteiger partial charge in [-0.05, 0) is 59.5 Å². The number of hydrogen-bond acceptors (Lipinski definition) is 6. The summed E-state index contributed by atoms with van der Waals surface area (Å²) < 4.78 is 11.5. The number of benzene rings is 1. The molecule has 0 aliphatic carbocycles. The molecule has 0 spiro atoms. The van der Waals surface area contributed by atoms with E-state index in [2.05, 4.69) is 42.0 Å². The highest BCUT2D eigenvalue weighted by atomic mass is 16.5. The number of piperidine rings is 1.